The van der Waals surface area contributed by atoms with Gasteiger partial charge in [-0.2, -0.15) is 0 Å². The molecule has 1 aliphatic heterocycles. The van der Waals surface area contributed by atoms with Crippen molar-refractivity contribution in [3.05, 3.63) is 22.2 Å². The third-order valence-corrected chi connectivity index (χ3v) is 4.78. The Morgan fingerprint density at radius 2 is 2.05 bits per heavy atom. The van der Waals surface area contributed by atoms with E-state index in [1.165, 1.54) is 32.4 Å². The number of nitrogens with zero attached hydrogens (tertiary/aromatic N) is 1. The van der Waals surface area contributed by atoms with Crippen LogP contribution in [0.1, 0.15) is 33.1 Å². The summed E-state index contributed by atoms with van der Waals surface area (Å²) in [5, 5.41) is 13.7. The minimum atomic E-state index is -0.0525. The van der Waals surface area contributed by atoms with E-state index in [1.807, 2.05) is 0 Å². The second-order valence-corrected chi connectivity index (χ2v) is 6.74. The zero-order valence-corrected chi connectivity index (χ0v) is 14.2. The maximum atomic E-state index is 9.61. The Kier molecular flexibility index (Phi) is 6.03. The Balaban J connectivity index is 1.99. The van der Waals surface area contributed by atoms with Crippen LogP contribution in [0, 0.1) is 5.92 Å². The smallest absolute Gasteiger partial charge is 0.152 e. The number of halogens is 2. The molecule has 1 aromatic carbocycles. The molecule has 1 saturated heterocycles. The molecule has 118 valence electrons. The Bertz CT molecular complexity index is 456. The van der Waals surface area contributed by atoms with Crippen LogP contribution in [0.3, 0.4) is 0 Å². The summed E-state index contributed by atoms with van der Waals surface area (Å²) in [5.41, 5.74) is 0.864. The van der Waals surface area contributed by atoms with Crippen LogP contribution in [-0.4, -0.2) is 35.7 Å². The predicted octanol–water partition coefficient (Wildman–Crippen LogP) is 4.62. The molecule has 1 heterocycles. The van der Waals surface area contributed by atoms with Crippen LogP contribution in [0.5, 0.6) is 5.75 Å². The van der Waals surface area contributed by atoms with Gasteiger partial charge < -0.3 is 15.3 Å². The van der Waals surface area contributed by atoms with E-state index in [9.17, 15) is 5.11 Å². The lowest BCUT2D eigenvalue weighted by Crippen LogP contribution is -2.42. The number of phenolic OH excluding ortho intramolecular Hbond substituents is 1. The SMILES string of the molecule is CCCN1CCCC(C(C)Nc2cc(Cl)c(O)c(Cl)c2)C1. The number of rotatable bonds is 5. The topological polar surface area (TPSA) is 35.5 Å². The molecule has 21 heavy (non-hydrogen) atoms. The molecule has 0 spiro atoms. The van der Waals surface area contributed by atoms with Gasteiger partial charge in [-0.1, -0.05) is 30.1 Å². The number of nitrogens with one attached hydrogen (secondary N) is 1. The second-order valence-electron chi connectivity index (χ2n) is 5.92. The fourth-order valence-corrected chi connectivity index (χ4v) is 3.54. The fourth-order valence-electron chi connectivity index (χ4n) is 3.05. The third-order valence-electron chi connectivity index (χ3n) is 4.20. The first-order chi connectivity index (χ1) is 10.0. The molecule has 0 amide bonds. The molecule has 0 radical (unpaired) electrons. The van der Waals surface area contributed by atoms with Gasteiger partial charge in [-0.25, -0.2) is 0 Å². The molecule has 2 rings (SSSR count). The zero-order valence-electron chi connectivity index (χ0n) is 12.7. The number of anilines is 1. The molecular formula is C16H24Cl2N2O. The van der Waals surface area contributed by atoms with Crippen molar-refractivity contribution < 1.29 is 5.11 Å². The maximum Gasteiger partial charge on any atom is 0.152 e. The monoisotopic (exact) mass is 330 g/mol. The highest BCUT2D eigenvalue weighted by Gasteiger charge is 2.24. The second kappa shape index (κ2) is 7.57. The number of hydrogen-bond acceptors (Lipinski definition) is 3. The maximum absolute atomic E-state index is 9.61. The van der Waals surface area contributed by atoms with E-state index in [-0.39, 0.29) is 15.8 Å². The largest absolute Gasteiger partial charge is 0.505 e. The molecular weight excluding hydrogens is 307 g/mol. The summed E-state index contributed by atoms with van der Waals surface area (Å²) in [5.74, 6) is 0.569. The summed E-state index contributed by atoms with van der Waals surface area (Å²) in [6.45, 7) is 7.97. The Morgan fingerprint density at radius 1 is 1.38 bits per heavy atom. The van der Waals surface area contributed by atoms with E-state index >= 15 is 0 Å². The first-order valence-electron chi connectivity index (χ1n) is 7.68. The van der Waals surface area contributed by atoms with Crippen molar-refractivity contribution in [3.8, 4) is 5.75 Å². The van der Waals surface area contributed by atoms with E-state index in [4.69, 9.17) is 23.2 Å². The normalized spacial score (nSPS) is 21.2. The summed E-state index contributed by atoms with van der Waals surface area (Å²) >= 11 is 11.9. The van der Waals surface area contributed by atoms with E-state index in [0.29, 0.717) is 12.0 Å². The number of phenols is 1. The minimum absolute atomic E-state index is 0.0525. The number of piperidine rings is 1. The van der Waals surface area contributed by atoms with Gasteiger partial charge in [0.25, 0.3) is 0 Å². The molecule has 2 N–H and O–H groups in total. The van der Waals surface area contributed by atoms with Crippen molar-refractivity contribution in [1.29, 1.82) is 0 Å². The summed E-state index contributed by atoms with van der Waals surface area (Å²) in [4.78, 5) is 2.54. The predicted molar refractivity (Wildman–Crippen MR) is 90.7 cm³/mol. The highest BCUT2D eigenvalue weighted by molar-refractivity contribution is 6.37. The van der Waals surface area contributed by atoms with Gasteiger partial charge in [0.2, 0.25) is 0 Å². The van der Waals surface area contributed by atoms with Crippen LogP contribution >= 0.6 is 23.2 Å². The molecule has 5 heteroatoms. The zero-order chi connectivity index (χ0) is 15.4. The van der Waals surface area contributed by atoms with Crippen molar-refractivity contribution in [2.45, 2.75) is 39.2 Å². The average molecular weight is 331 g/mol. The van der Waals surface area contributed by atoms with Crippen molar-refractivity contribution in [1.82, 2.24) is 4.90 Å². The number of benzene rings is 1. The first-order valence-corrected chi connectivity index (χ1v) is 8.43. The Morgan fingerprint density at radius 3 is 2.67 bits per heavy atom. The van der Waals surface area contributed by atoms with Gasteiger partial charge in [0.15, 0.2) is 5.75 Å². The molecule has 1 aromatic rings. The lowest BCUT2D eigenvalue weighted by Gasteiger charge is -2.36. The van der Waals surface area contributed by atoms with Gasteiger partial charge in [0, 0.05) is 18.3 Å². The van der Waals surface area contributed by atoms with Gasteiger partial charge in [0.05, 0.1) is 10.0 Å². The summed E-state index contributed by atoms with van der Waals surface area (Å²) in [6.07, 6.45) is 3.71. The van der Waals surface area contributed by atoms with Crippen LogP contribution in [0.4, 0.5) is 5.69 Å². The number of aromatic hydroxyl groups is 1. The quantitative estimate of drug-likeness (QED) is 0.773. The molecule has 0 bridgehead atoms. The molecule has 0 aromatic heterocycles. The van der Waals surface area contributed by atoms with Crippen LogP contribution in [0.2, 0.25) is 10.0 Å². The van der Waals surface area contributed by atoms with Crippen molar-refractivity contribution in [2.75, 3.05) is 25.0 Å². The molecule has 1 aliphatic rings. The van der Waals surface area contributed by atoms with Gasteiger partial charge in [-0.3, -0.25) is 0 Å². The van der Waals surface area contributed by atoms with E-state index in [0.717, 1.165) is 12.2 Å². The van der Waals surface area contributed by atoms with Gasteiger partial charge >= 0.3 is 0 Å². The third kappa shape index (κ3) is 4.41. The molecule has 0 saturated carbocycles. The molecule has 3 nitrogen and oxygen atoms in total. The van der Waals surface area contributed by atoms with E-state index < -0.39 is 0 Å². The first kappa shape index (κ1) is 16.7. The molecule has 2 unspecified atom stereocenters. The Hall–Kier alpha value is -0.640. The van der Waals surface area contributed by atoms with Gasteiger partial charge in [-0.05, 0) is 57.3 Å². The van der Waals surface area contributed by atoms with Crippen LogP contribution in [0.15, 0.2) is 12.1 Å². The molecule has 1 fully saturated rings. The van der Waals surface area contributed by atoms with E-state index in [2.05, 4.69) is 24.1 Å². The van der Waals surface area contributed by atoms with E-state index in [1.54, 1.807) is 12.1 Å². The van der Waals surface area contributed by atoms with Gasteiger partial charge in [0.1, 0.15) is 0 Å². The fraction of sp³-hybridized carbons (Fsp3) is 0.625. The minimum Gasteiger partial charge on any atom is -0.505 e. The Labute approximate surface area is 137 Å². The highest BCUT2D eigenvalue weighted by atomic mass is 35.5. The average Bonchev–Trinajstić information content (AvgIpc) is 2.45. The summed E-state index contributed by atoms with van der Waals surface area (Å²) in [7, 11) is 0. The molecule has 0 aliphatic carbocycles. The van der Waals surface area contributed by atoms with Crippen molar-refractivity contribution in [3.63, 3.8) is 0 Å². The summed E-state index contributed by atoms with van der Waals surface area (Å²) in [6, 6.07) is 3.80. The van der Waals surface area contributed by atoms with Crippen molar-refractivity contribution >= 4 is 28.9 Å². The van der Waals surface area contributed by atoms with Crippen LogP contribution < -0.4 is 5.32 Å². The lowest BCUT2D eigenvalue weighted by molar-refractivity contribution is 0.165. The standard InChI is InChI=1S/C16H24Cl2N2O/c1-3-6-20-7-4-5-12(10-20)11(2)19-13-8-14(17)16(21)15(18)9-13/h8-9,11-12,19,21H,3-7,10H2,1-2H3. The highest BCUT2D eigenvalue weighted by Crippen LogP contribution is 2.35. The van der Waals surface area contributed by atoms with Crippen LogP contribution in [-0.2, 0) is 0 Å². The summed E-state index contributed by atoms with van der Waals surface area (Å²) < 4.78 is 0. The molecule has 2 atom stereocenters. The van der Waals surface area contributed by atoms with Gasteiger partial charge in [-0.15, -0.1) is 0 Å². The van der Waals surface area contributed by atoms with Crippen LogP contribution in [0.25, 0.3) is 0 Å². The van der Waals surface area contributed by atoms with Crippen molar-refractivity contribution in [2.24, 2.45) is 5.92 Å². The number of likely N-dealkylation sites (tertiary alicyclic amines) is 1. The lowest BCUT2D eigenvalue weighted by atomic mass is 9.91. The number of hydrogen-bond donors (Lipinski definition) is 2.